The van der Waals surface area contributed by atoms with E-state index in [9.17, 15) is 18.9 Å². The summed E-state index contributed by atoms with van der Waals surface area (Å²) in [5.74, 6) is 0.194. The van der Waals surface area contributed by atoms with Crippen molar-refractivity contribution in [2.45, 2.75) is 11.3 Å². The van der Waals surface area contributed by atoms with Gasteiger partial charge in [0.2, 0.25) is 10.0 Å². The van der Waals surface area contributed by atoms with E-state index in [0.717, 1.165) is 0 Å². The van der Waals surface area contributed by atoms with Crippen LogP contribution in [0, 0.1) is 34.0 Å². The molecular weight excluding hydrogens is 550 g/mol. The Morgan fingerprint density at radius 3 is 2.29 bits per heavy atom. The Kier molecular flexibility index (Phi) is 6.83. The summed E-state index contributed by atoms with van der Waals surface area (Å²) in [7, 11) is -3.74. The lowest BCUT2D eigenvalue weighted by Crippen LogP contribution is -2.49. The molecule has 3 rings (SSSR count). The van der Waals surface area contributed by atoms with Gasteiger partial charge in [-0.1, -0.05) is 15.9 Å². The van der Waals surface area contributed by atoms with Crippen LogP contribution < -0.4 is 10.6 Å². The zero-order valence-electron chi connectivity index (χ0n) is 16.0. The third-order valence-corrected chi connectivity index (χ3v) is 8.22. The molecule has 9 nitrogen and oxygen atoms in total. The fourth-order valence-electron chi connectivity index (χ4n) is 3.32. The molecule has 0 saturated carbocycles. The molecule has 0 atom stereocenters. The molecular formula is C19H15Br2N7O2S. The van der Waals surface area contributed by atoms with Gasteiger partial charge in [0.05, 0.1) is 22.9 Å². The molecule has 0 radical (unpaired) electrons. The van der Waals surface area contributed by atoms with Gasteiger partial charge in [-0.25, -0.2) is 13.4 Å². The highest BCUT2D eigenvalue weighted by molar-refractivity contribution is 9.11. The van der Waals surface area contributed by atoms with Crippen molar-refractivity contribution in [3.63, 3.8) is 0 Å². The Hall–Kier alpha value is -2.69. The Labute approximate surface area is 196 Å². The molecule has 0 bridgehead atoms. The molecule has 2 N–H and O–H groups in total. The molecule has 0 spiro atoms. The second-order valence-corrected chi connectivity index (χ2v) is 10.2. The van der Waals surface area contributed by atoms with Crippen LogP contribution in [0.2, 0.25) is 0 Å². The second-order valence-electron chi connectivity index (χ2n) is 6.57. The van der Waals surface area contributed by atoms with E-state index in [1.807, 2.05) is 18.2 Å². The number of rotatable bonds is 4. The summed E-state index contributed by atoms with van der Waals surface area (Å²) >= 11 is 6.59. The Morgan fingerprint density at radius 2 is 1.71 bits per heavy atom. The van der Waals surface area contributed by atoms with Crippen LogP contribution in [0.1, 0.15) is 16.7 Å². The van der Waals surface area contributed by atoms with Crippen molar-refractivity contribution in [1.82, 2.24) is 9.29 Å². The van der Waals surface area contributed by atoms with Gasteiger partial charge in [-0.2, -0.15) is 20.1 Å². The summed E-state index contributed by atoms with van der Waals surface area (Å²) in [6.07, 6.45) is -0.156. The van der Waals surface area contributed by atoms with Crippen molar-refractivity contribution in [1.29, 1.82) is 15.8 Å². The van der Waals surface area contributed by atoms with Crippen LogP contribution in [0.5, 0.6) is 0 Å². The van der Waals surface area contributed by atoms with E-state index in [4.69, 9.17) is 11.0 Å². The van der Waals surface area contributed by atoms with Gasteiger partial charge >= 0.3 is 0 Å². The molecule has 31 heavy (non-hydrogen) atoms. The number of nitrogen functional groups attached to an aromatic ring is 1. The molecule has 158 valence electrons. The Bertz CT molecular complexity index is 1270. The van der Waals surface area contributed by atoms with Crippen molar-refractivity contribution < 1.29 is 8.42 Å². The van der Waals surface area contributed by atoms with Gasteiger partial charge in [-0.05, 0) is 34.1 Å². The number of pyridine rings is 1. The first-order valence-corrected chi connectivity index (χ1v) is 12.0. The van der Waals surface area contributed by atoms with Gasteiger partial charge in [0, 0.05) is 40.7 Å². The first-order valence-electron chi connectivity index (χ1n) is 8.94. The number of halogens is 2. The average molecular weight is 565 g/mol. The fraction of sp³-hybridized carbons (Fsp3) is 0.263. The lowest BCUT2D eigenvalue weighted by molar-refractivity contribution is 0.383. The minimum absolute atomic E-state index is 0.0163. The van der Waals surface area contributed by atoms with E-state index in [-0.39, 0.29) is 65.8 Å². The predicted octanol–water partition coefficient (Wildman–Crippen LogP) is 2.51. The molecule has 0 unspecified atom stereocenters. The zero-order chi connectivity index (χ0) is 22.8. The molecule has 2 aromatic rings. The maximum absolute atomic E-state index is 13.1. The van der Waals surface area contributed by atoms with Crippen LogP contribution in [0.25, 0.3) is 0 Å². The van der Waals surface area contributed by atoms with Crippen molar-refractivity contribution in [3.8, 4) is 18.2 Å². The minimum Gasteiger partial charge on any atom is -0.383 e. The number of anilines is 2. The van der Waals surface area contributed by atoms with Crippen molar-refractivity contribution >= 4 is 53.5 Å². The van der Waals surface area contributed by atoms with E-state index in [1.54, 1.807) is 17.0 Å². The fourth-order valence-corrected chi connectivity index (χ4v) is 6.21. The highest BCUT2D eigenvalue weighted by Crippen LogP contribution is 2.31. The smallest absolute Gasteiger partial charge is 0.244 e. The van der Waals surface area contributed by atoms with E-state index >= 15 is 0 Å². The molecule has 1 aliphatic rings. The summed E-state index contributed by atoms with van der Waals surface area (Å²) in [6.45, 7) is 0.871. The zero-order valence-corrected chi connectivity index (χ0v) is 20.0. The first-order chi connectivity index (χ1) is 14.7. The lowest BCUT2D eigenvalue weighted by Gasteiger charge is -2.35. The third kappa shape index (κ3) is 4.36. The van der Waals surface area contributed by atoms with Crippen LogP contribution in [0.15, 0.2) is 32.0 Å². The molecule has 1 saturated heterocycles. The van der Waals surface area contributed by atoms with Crippen LogP contribution in [-0.4, -0.2) is 43.9 Å². The monoisotopic (exact) mass is 563 g/mol. The van der Waals surface area contributed by atoms with Crippen LogP contribution in [0.3, 0.4) is 0 Å². The van der Waals surface area contributed by atoms with Gasteiger partial charge in [-0.15, -0.1) is 0 Å². The molecule has 0 aliphatic carbocycles. The normalized spacial score (nSPS) is 14.5. The quantitative estimate of drug-likeness (QED) is 0.594. The molecule has 1 aromatic heterocycles. The SMILES string of the molecule is N#CCc1c(C#N)c(N)nc(N2CCN(S(=O)(=O)c3cc(Br)ccc3Br)CC2)c1C#N. The Morgan fingerprint density at radius 1 is 1.06 bits per heavy atom. The van der Waals surface area contributed by atoms with Gasteiger partial charge in [-0.3, -0.25) is 0 Å². The maximum atomic E-state index is 13.1. The molecule has 12 heteroatoms. The summed E-state index contributed by atoms with van der Waals surface area (Å²) in [6, 6.07) is 10.8. The highest BCUT2D eigenvalue weighted by Gasteiger charge is 2.32. The van der Waals surface area contributed by atoms with E-state index in [1.165, 1.54) is 10.4 Å². The van der Waals surface area contributed by atoms with E-state index in [2.05, 4.69) is 36.8 Å². The number of sulfonamides is 1. The molecule has 1 fully saturated rings. The highest BCUT2D eigenvalue weighted by atomic mass is 79.9. The van der Waals surface area contributed by atoms with Gasteiger partial charge < -0.3 is 10.6 Å². The number of aromatic nitrogens is 1. The second kappa shape index (κ2) is 9.21. The predicted molar refractivity (Wildman–Crippen MR) is 120 cm³/mol. The summed E-state index contributed by atoms with van der Waals surface area (Å²) in [5.41, 5.74) is 6.27. The maximum Gasteiger partial charge on any atom is 0.244 e. The van der Waals surface area contributed by atoms with Gasteiger partial charge in [0.15, 0.2) is 0 Å². The van der Waals surface area contributed by atoms with Crippen molar-refractivity contribution in [2.75, 3.05) is 36.8 Å². The number of nitrogens with two attached hydrogens (primary N) is 1. The van der Waals surface area contributed by atoms with Crippen LogP contribution in [-0.2, 0) is 16.4 Å². The number of nitrogens with zero attached hydrogens (tertiary/aromatic N) is 6. The van der Waals surface area contributed by atoms with Gasteiger partial charge in [0.25, 0.3) is 0 Å². The van der Waals surface area contributed by atoms with Gasteiger partial charge in [0.1, 0.15) is 29.3 Å². The molecule has 0 amide bonds. The minimum atomic E-state index is -3.74. The largest absolute Gasteiger partial charge is 0.383 e. The van der Waals surface area contributed by atoms with Crippen molar-refractivity contribution in [3.05, 3.63) is 43.8 Å². The Balaban J connectivity index is 1.91. The average Bonchev–Trinajstić information content (AvgIpc) is 2.75. The van der Waals surface area contributed by atoms with E-state index < -0.39 is 10.0 Å². The van der Waals surface area contributed by atoms with E-state index in [0.29, 0.717) is 8.95 Å². The number of nitriles is 3. The molecule has 2 heterocycles. The molecule has 1 aliphatic heterocycles. The number of benzene rings is 1. The molecule has 1 aromatic carbocycles. The lowest BCUT2D eigenvalue weighted by atomic mass is 10.0. The van der Waals surface area contributed by atoms with Crippen LogP contribution in [0.4, 0.5) is 11.6 Å². The summed E-state index contributed by atoms with van der Waals surface area (Å²) in [5, 5.41) is 28.1. The number of hydrogen-bond donors (Lipinski definition) is 1. The first kappa shape index (κ1) is 23.0. The van der Waals surface area contributed by atoms with Crippen molar-refractivity contribution in [2.24, 2.45) is 0 Å². The topological polar surface area (TPSA) is 151 Å². The summed E-state index contributed by atoms with van der Waals surface area (Å²) < 4.78 is 28.7. The number of hydrogen-bond acceptors (Lipinski definition) is 8. The number of piperazine rings is 1. The summed E-state index contributed by atoms with van der Waals surface area (Å²) in [4.78, 5) is 6.13. The third-order valence-electron chi connectivity index (χ3n) is 4.84. The van der Waals surface area contributed by atoms with Crippen LogP contribution >= 0.6 is 31.9 Å². The standard InChI is InChI=1S/C19H15Br2N7O2S/c20-12-1-2-16(21)17(9-12)31(29,30)28-7-5-27(6-8-28)19-15(11-24)13(3-4-22)14(10-23)18(25)26-19/h1-2,9H,3,5-8H2,(H2,25,26).